The lowest BCUT2D eigenvalue weighted by Crippen LogP contribution is -2.46. The van der Waals surface area contributed by atoms with Crippen LogP contribution in [0.3, 0.4) is 0 Å². The number of carbonyl (C=O) groups is 1. The first-order valence-electron chi connectivity index (χ1n) is 8.67. The zero-order chi connectivity index (χ0) is 19.3. The molecule has 136 valence electrons. The van der Waals surface area contributed by atoms with Gasteiger partial charge in [0.1, 0.15) is 17.1 Å². The second-order valence-corrected chi connectivity index (χ2v) is 6.90. The number of aromatic amines is 1. The van der Waals surface area contributed by atoms with Crippen LogP contribution in [0.25, 0.3) is 0 Å². The molecule has 4 rings (SSSR count). The Labute approximate surface area is 156 Å². The van der Waals surface area contributed by atoms with Crippen molar-refractivity contribution in [3.63, 3.8) is 0 Å². The number of amides is 1. The van der Waals surface area contributed by atoms with Gasteiger partial charge in [-0.2, -0.15) is 5.26 Å². The fourth-order valence-corrected chi connectivity index (χ4v) is 4.04. The molecule has 2 aliphatic rings. The molecule has 0 saturated heterocycles. The summed E-state index contributed by atoms with van der Waals surface area (Å²) in [6.45, 7) is 8.06. The van der Waals surface area contributed by atoms with Crippen molar-refractivity contribution in [3.8, 4) is 11.9 Å². The fourth-order valence-electron chi connectivity index (χ4n) is 4.04. The van der Waals surface area contributed by atoms with Gasteiger partial charge in [0.05, 0.1) is 5.56 Å². The fraction of sp³-hybridized carbons (Fsp3) is 0.250. The summed E-state index contributed by atoms with van der Waals surface area (Å²) in [5.41, 5.74) is 7.52. The Morgan fingerprint density at radius 3 is 2.89 bits per heavy atom. The predicted molar refractivity (Wildman–Crippen MR) is 99.9 cm³/mol. The molecular weight excluding hydrogens is 342 g/mol. The van der Waals surface area contributed by atoms with Crippen molar-refractivity contribution in [2.24, 2.45) is 5.73 Å². The molecule has 0 fully saturated rings. The molecule has 0 bridgehead atoms. The summed E-state index contributed by atoms with van der Waals surface area (Å²) in [5, 5.41) is 17.2. The van der Waals surface area contributed by atoms with Gasteiger partial charge in [-0.05, 0) is 12.0 Å². The minimum absolute atomic E-state index is 0.0365. The first-order chi connectivity index (χ1) is 13.0. The number of aromatic nitrogens is 2. The largest absolute Gasteiger partial charge is 0.420 e. The van der Waals surface area contributed by atoms with Crippen LogP contribution >= 0.6 is 0 Å². The van der Waals surface area contributed by atoms with Crippen LogP contribution in [-0.4, -0.2) is 22.6 Å². The number of nitrogens with two attached hydrogens (primary N) is 1. The van der Waals surface area contributed by atoms with Crippen LogP contribution in [0.15, 0.2) is 48.4 Å². The quantitative estimate of drug-likeness (QED) is 0.816. The zero-order valence-electron chi connectivity index (χ0n) is 15.1. The Kier molecular flexibility index (Phi) is 3.60. The monoisotopic (exact) mass is 361 g/mol. The van der Waals surface area contributed by atoms with Gasteiger partial charge in [0, 0.05) is 23.5 Å². The van der Waals surface area contributed by atoms with E-state index in [1.807, 2.05) is 38.1 Å². The van der Waals surface area contributed by atoms with Crippen LogP contribution in [0.1, 0.15) is 36.6 Å². The molecule has 1 aromatic heterocycles. The minimum Gasteiger partial charge on any atom is -0.420 e. The molecule has 1 atom stereocenters. The number of benzene rings is 1. The standard InChI is InChI=1S/C20H19N5O2/c1-4-9-25-14-8-6-5-7-12(14)20(19(25)26)13(10-21)17(22)27-18-15(20)16(11(2)3)23-24-18/h4-8,11H,1,9,22H2,2-3H3,(H,23,24). The van der Waals surface area contributed by atoms with E-state index in [2.05, 4.69) is 22.8 Å². The molecule has 7 nitrogen and oxygen atoms in total. The average molecular weight is 361 g/mol. The van der Waals surface area contributed by atoms with Crippen LogP contribution < -0.4 is 15.4 Å². The number of nitrogens with one attached hydrogen (secondary N) is 1. The first kappa shape index (κ1) is 16.9. The van der Waals surface area contributed by atoms with Crippen molar-refractivity contribution in [3.05, 3.63) is 65.2 Å². The van der Waals surface area contributed by atoms with E-state index >= 15 is 0 Å². The van der Waals surface area contributed by atoms with Crippen LogP contribution in [0.2, 0.25) is 0 Å². The Hall–Kier alpha value is -3.53. The molecular formula is C20H19N5O2. The number of nitriles is 1. The van der Waals surface area contributed by atoms with Gasteiger partial charge in [0.15, 0.2) is 0 Å². The number of ether oxygens (including phenoxy) is 1. The van der Waals surface area contributed by atoms with Crippen molar-refractivity contribution < 1.29 is 9.53 Å². The highest BCUT2D eigenvalue weighted by Gasteiger charge is 2.60. The van der Waals surface area contributed by atoms with E-state index in [1.165, 1.54) is 0 Å². The number of para-hydroxylation sites is 1. The van der Waals surface area contributed by atoms with Gasteiger partial charge in [0.25, 0.3) is 0 Å². The van der Waals surface area contributed by atoms with Crippen molar-refractivity contribution in [1.29, 1.82) is 5.26 Å². The number of carbonyl (C=O) groups excluding carboxylic acids is 1. The van der Waals surface area contributed by atoms with Crippen LogP contribution in [0, 0.1) is 11.3 Å². The molecule has 2 aromatic rings. The molecule has 0 aliphatic carbocycles. The summed E-state index contributed by atoms with van der Waals surface area (Å²) in [6, 6.07) is 9.56. The van der Waals surface area contributed by atoms with Crippen LogP contribution in [0.5, 0.6) is 5.88 Å². The average Bonchev–Trinajstić information content (AvgIpc) is 3.17. The van der Waals surface area contributed by atoms with Gasteiger partial charge in [-0.3, -0.25) is 9.89 Å². The van der Waals surface area contributed by atoms with Crippen LogP contribution in [-0.2, 0) is 10.2 Å². The van der Waals surface area contributed by atoms with Crippen molar-refractivity contribution in [2.45, 2.75) is 25.2 Å². The summed E-state index contributed by atoms with van der Waals surface area (Å²) < 4.78 is 5.61. The van der Waals surface area contributed by atoms with E-state index in [4.69, 9.17) is 10.5 Å². The highest BCUT2D eigenvalue weighted by atomic mass is 16.5. The van der Waals surface area contributed by atoms with E-state index in [0.29, 0.717) is 17.7 Å². The lowest BCUT2D eigenvalue weighted by Gasteiger charge is -2.33. The van der Waals surface area contributed by atoms with Gasteiger partial charge >= 0.3 is 0 Å². The summed E-state index contributed by atoms with van der Waals surface area (Å²) in [5.74, 6) is -0.0837. The number of hydrogen-bond donors (Lipinski definition) is 2. The van der Waals surface area contributed by atoms with Gasteiger partial charge < -0.3 is 15.4 Å². The lowest BCUT2D eigenvalue weighted by molar-refractivity contribution is -0.120. The second kappa shape index (κ2) is 5.74. The first-order valence-corrected chi connectivity index (χ1v) is 8.67. The molecule has 1 unspecified atom stereocenters. The Bertz CT molecular complexity index is 1040. The molecule has 3 heterocycles. The topological polar surface area (TPSA) is 108 Å². The SMILES string of the molecule is C=CCN1C(=O)C2(C(C#N)=C(N)Oc3n[nH]c(C(C)C)c32)c2ccccc21. The Balaban J connectivity index is 2.16. The smallest absolute Gasteiger partial charge is 0.248 e. The zero-order valence-corrected chi connectivity index (χ0v) is 15.1. The number of H-pyrrole nitrogens is 1. The van der Waals surface area contributed by atoms with Gasteiger partial charge in [-0.25, -0.2) is 0 Å². The summed E-state index contributed by atoms with van der Waals surface area (Å²) in [4.78, 5) is 15.4. The van der Waals surface area contributed by atoms with Gasteiger partial charge in [-0.1, -0.05) is 38.1 Å². The third-order valence-electron chi connectivity index (χ3n) is 5.13. The predicted octanol–water partition coefficient (Wildman–Crippen LogP) is 2.44. The summed E-state index contributed by atoms with van der Waals surface area (Å²) >= 11 is 0. The molecule has 1 amide bonds. The maximum atomic E-state index is 13.8. The van der Waals surface area contributed by atoms with Crippen molar-refractivity contribution in [1.82, 2.24) is 10.2 Å². The number of nitrogens with zero attached hydrogens (tertiary/aromatic N) is 3. The molecule has 3 N–H and O–H groups in total. The number of hydrogen-bond acceptors (Lipinski definition) is 5. The van der Waals surface area contributed by atoms with Gasteiger partial charge in [-0.15, -0.1) is 11.7 Å². The highest BCUT2D eigenvalue weighted by Crippen LogP contribution is 2.56. The van der Waals surface area contributed by atoms with E-state index in [0.717, 1.165) is 11.4 Å². The lowest BCUT2D eigenvalue weighted by atomic mass is 9.68. The molecule has 27 heavy (non-hydrogen) atoms. The number of anilines is 1. The molecule has 2 aliphatic heterocycles. The van der Waals surface area contributed by atoms with Gasteiger partial charge in [0.2, 0.25) is 17.7 Å². The van der Waals surface area contributed by atoms with E-state index in [9.17, 15) is 10.1 Å². The third kappa shape index (κ3) is 1.95. The highest BCUT2D eigenvalue weighted by molar-refractivity contribution is 6.14. The Morgan fingerprint density at radius 2 is 2.22 bits per heavy atom. The second-order valence-electron chi connectivity index (χ2n) is 6.90. The molecule has 0 radical (unpaired) electrons. The maximum Gasteiger partial charge on any atom is 0.248 e. The summed E-state index contributed by atoms with van der Waals surface area (Å²) in [6.07, 6.45) is 1.66. The van der Waals surface area contributed by atoms with Crippen molar-refractivity contribution >= 4 is 11.6 Å². The third-order valence-corrected chi connectivity index (χ3v) is 5.13. The Morgan fingerprint density at radius 1 is 1.48 bits per heavy atom. The normalized spacial score (nSPS) is 20.5. The van der Waals surface area contributed by atoms with E-state index in [-0.39, 0.29) is 29.2 Å². The molecule has 7 heteroatoms. The summed E-state index contributed by atoms with van der Waals surface area (Å²) in [7, 11) is 0. The molecule has 1 spiro atoms. The van der Waals surface area contributed by atoms with Crippen LogP contribution in [0.4, 0.5) is 5.69 Å². The van der Waals surface area contributed by atoms with Crippen molar-refractivity contribution in [2.75, 3.05) is 11.4 Å². The number of fused-ring (bicyclic) bond motifs is 4. The minimum atomic E-state index is -1.38. The number of rotatable bonds is 3. The van der Waals surface area contributed by atoms with E-state index in [1.54, 1.807) is 11.0 Å². The van der Waals surface area contributed by atoms with E-state index < -0.39 is 5.41 Å². The maximum absolute atomic E-state index is 13.8. The molecule has 0 saturated carbocycles. The molecule has 1 aromatic carbocycles.